The number of carbonyl (C=O) groups is 1. The summed E-state index contributed by atoms with van der Waals surface area (Å²) in [6.45, 7) is 3.76. The number of aryl methyl sites for hydroxylation is 1. The fourth-order valence-corrected chi connectivity index (χ4v) is 1.62. The number of likely N-dealkylation sites (N-methyl/N-ethyl adjacent to an activating group) is 1. The first-order valence-corrected chi connectivity index (χ1v) is 4.64. The van der Waals surface area contributed by atoms with Gasteiger partial charge in [0.1, 0.15) is 5.75 Å². The van der Waals surface area contributed by atoms with Gasteiger partial charge in [0.05, 0.1) is 5.69 Å². The van der Waals surface area contributed by atoms with E-state index in [1.54, 1.807) is 18.9 Å². The molecule has 1 aliphatic heterocycles. The third-order valence-electron chi connectivity index (χ3n) is 2.46. The average molecular weight is 191 g/mol. The zero-order valence-electron chi connectivity index (χ0n) is 8.57. The summed E-state index contributed by atoms with van der Waals surface area (Å²) in [4.78, 5) is 13.2. The molecule has 1 atom stereocenters. The number of carbonyl (C=O) groups excluding carboxylic acids is 1. The molecule has 0 fully saturated rings. The van der Waals surface area contributed by atoms with Crippen molar-refractivity contribution in [3.63, 3.8) is 0 Å². The molecule has 3 heteroatoms. The Balaban J connectivity index is 2.51. The van der Waals surface area contributed by atoms with Gasteiger partial charge >= 0.3 is 0 Å². The van der Waals surface area contributed by atoms with Crippen LogP contribution in [0.25, 0.3) is 0 Å². The van der Waals surface area contributed by atoms with Gasteiger partial charge in [-0.25, -0.2) is 0 Å². The molecule has 0 saturated heterocycles. The molecule has 0 saturated carbocycles. The van der Waals surface area contributed by atoms with Crippen LogP contribution in [0, 0.1) is 6.92 Å². The summed E-state index contributed by atoms with van der Waals surface area (Å²) in [5, 5.41) is 0. The van der Waals surface area contributed by atoms with Crippen molar-refractivity contribution in [1.82, 2.24) is 0 Å². The number of benzene rings is 1. The molecule has 0 bridgehead atoms. The summed E-state index contributed by atoms with van der Waals surface area (Å²) in [6, 6.07) is 5.85. The van der Waals surface area contributed by atoms with Crippen LogP contribution in [0.5, 0.6) is 5.75 Å². The first kappa shape index (κ1) is 9.06. The second kappa shape index (κ2) is 3.01. The molecule has 0 N–H and O–H groups in total. The van der Waals surface area contributed by atoms with E-state index in [1.807, 2.05) is 25.1 Å². The molecule has 1 amide bonds. The molecular weight excluding hydrogens is 178 g/mol. The van der Waals surface area contributed by atoms with Crippen molar-refractivity contribution in [2.45, 2.75) is 20.0 Å². The fraction of sp³-hybridized carbons (Fsp3) is 0.364. The van der Waals surface area contributed by atoms with Gasteiger partial charge < -0.3 is 9.64 Å². The highest BCUT2D eigenvalue weighted by atomic mass is 16.5. The van der Waals surface area contributed by atoms with Crippen molar-refractivity contribution in [1.29, 1.82) is 0 Å². The normalized spacial score (nSPS) is 20.4. The second-order valence-corrected chi connectivity index (χ2v) is 3.63. The fourth-order valence-electron chi connectivity index (χ4n) is 1.62. The van der Waals surface area contributed by atoms with E-state index >= 15 is 0 Å². The topological polar surface area (TPSA) is 29.5 Å². The molecule has 1 heterocycles. The molecule has 0 unspecified atom stereocenters. The van der Waals surface area contributed by atoms with Crippen LogP contribution in [0.2, 0.25) is 0 Å². The molecule has 14 heavy (non-hydrogen) atoms. The molecule has 1 aromatic rings. The Morgan fingerprint density at radius 2 is 2.14 bits per heavy atom. The molecule has 1 aliphatic rings. The molecule has 1 aromatic carbocycles. The van der Waals surface area contributed by atoms with Crippen LogP contribution < -0.4 is 9.64 Å². The minimum atomic E-state index is -0.379. The van der Waals surface area contributed by atoms with Gasteiger partial charge in [0, 0.05) is 7.05 Å². The average Bonchev–Trinajstić information content (AvgIpc) is 2.16. The number of fused-ring (bicyclic) bond motifs is 1. The van der Waals surface area contributed by atoms with Crippen molar-refractivity contribution < 1.29 is 9.53 Å². The lowest BCUT2D eigenvalue weighted by Gasteiger charge is -2.30. The molecule has 0 aromatic heterocycles. The lowest BCUT2D eigenvalue weighted by atomic mass is 10.1. The van der Waals surface area contributed by atoms with Crippen LogP contribution >= 0.6 is 0 Å². The van der Waals surface area contributed by atoms with E-state index in [-0.39, 0.29) is 12.0 Å². The zero-order chi connectivity index (χ0) is 10.3. The van der Waals surface area contributed by atoms with Crippen LogP contribution in [0.1, 0.15) is 12.5 Å². The second-order valence-electron chi connectivity index (χ2n) is 3.63. The maximum Gasteiger partial charge on any atom is 0.267 e. The van der Waals surface area contributed by atoms with Crippen LogP contribution in [-0.4, -0.2) is 19.1 Å². The number of amides is 1. The third-order valence-corrected chi connectivity index (χ3v) is 2.46. The van der Waals surface area contributed by atoms with Gasteiger partial charge in [-0.2, -0.15) is 0 Å². The molecule has 74 valence electrons. The SMILES string of the molecule is Cc1ccc2c(c1)N(C)C(=O)[C@@H](C)O2. The maximum absolute atomic E-state index is 11.6. The first-order valence-electron chi connectivity index (χ1n) is 4.64. The quantitative estimate of drug-likeness (QED) is 0.625. The van der Waals surface area contributed by atoms with Crippen molar-refractivity contribution in [2.75, 3.05) is 11.9 Å². The van der Waals surface area contributed by atoms with Gasteiger partial charge in [-0.15, -0.1) is 0 Å². The van der Waals surface area contributed by atoms with E-state index < -0.39 is 0 Å². The molecule has 2 rings (SSSR count). The van der Waals surface area contributed by atoms with Crippen LogP contribution in [-0.2, 0) is 4.79 Å². The summed E-state index contributed by atoms with van der Waals surface area (Å²) < 4.78 is 5.48. The van der Waals surface area contributed by atoms with Crippen molar-refractivity contribution in [3.05, 3.63) is 23.8 Å². The van der Waals surface area contributed by atoms with Gasteiger partial charge in [-0.05, 0) is 31.5 Å². The summed E-state index contributed by atoms with van der Waals surface area (Å²) in [6.07, 6.45) is -0.379. The van der Waals surface area contributed by atoms with Crippen LogP contribution in [0.15, 0.2) is 18.2 Å². The Morgan fingerprint density at radius 3 is 2.86 bits per heavy atom. The molecule has 0 aliphatic carbocycles. The third kappa shape index (κ3) is 1.25. The largest absolute Gasteiger partial charge is 0.479 e. The molecule has 3 nitrogen and oxygen atoms in total. The van der Waals surface area contributed by atoms with Gasteiger partial charge in [-0.1, -0.05) is 6.07 Å². The van der Waals surface area contributed by atoms with E-state index in [0.29, 0.717) is 0 Å². The lowest BCUT2D eigenvalue weighted by Crippen LogP contribution is -2.41. The Hall–Kier alpha value is -1.51. The van der Waals surface area contributed by atoms with Crippen molar-refractivity contribution in [3.8, 4) is 5.75 Å². The summed E-state index contributed by atoms with van der Waals surface area (Å²) in [7, 11) is 1.78. The molecule has 0 radical (unpaired) electrons. The highest BCUT2D eigenvalue weighted by Crippen LogP contribution is 2.33. The van der Waals surface area contributed by atoms with Crippen molar-refractivity contribution >= 4 is 11.6 Å². The van der Waals surface area contributed by atoms with Crippen LogP contribution in [0.4, 0.5) is 5.69 Å². The van der Waals surface area contributed by atoms with Crippen LogP contribution in [0.3, 0.4) is 0 Å². The number of hydrogen-bond acceptors (Lipinski definition) is 2. The van der Waals surface area contributed by atoms with Gasteiger partial charge in [-0.3, -0.25) is 4.79 Å². The lowest BCUT2D eigenvalue weighted by molar-refractivity contribution is -0.125. The van der Waals surface area contributed by atoms with E-state index in [2.05, 4.69) is 0 Å². The smallest absolute Gasteiger partial charge is 0.267 e. The van der Waals surface area contributed by atoms with E-state index in [9.17, 15) is 4.79 Å². The Bertz CT molecular complexity index is 387. The number of rotatable bonds is 0. The summed E-state index contributed by atoms with van der Waals surface area (Å²) >= 11 is 0. The van der Waals surface area contributed by atoms with E-state index in [0.717, 1.165) is 17.0 Å². The van der Waals surface area contributed by atoms with Gasteiger partial charge in [0.25, 0.3) is 5.91 Å². The Kier molecular flexibility index (Phi) is 1.95. The van der Waals surface area contributed by atoms with Gasteiger partial charge in [0.2, 0.25) is 0 Å². The van der Waals surface area contributed by atoms with Crippen molar-refractivity contribution in [2.24, 2.45) is 0 Å². The number of nitrogens with zero attached hydrogens (tertiary/aromatic N) is 1. The predicted molar refractivity (Wildman–Crippen MR) is 54.7 cm³/mol. The first-order chi connectivity index (χ1) is 6.59. The monoisotopic (exact) mass is 191 g/mol. The Morgan fingerprint density at radius 1 is 1.43 bits per heavy atom. The Labute approximate surface area is 83.3 Å². The molecular formula is C11H13NO2. The minimum Gasteiger partial charge on any atom is -0.479 e. The number of anilines is 1. The predicted octanol–water partition coefficient (Wildman–Crippen LogP) is 1.74. The highest BCUT2D eigenvalue weighted by Gasteiger charge is 2.28. The zero-order valence-corrected chi connectivity index (χ0v) is 8.57. The summed E-state index contributed by atoms with van der Waals surface area (Å²) in [5.74, 6) is 0.785. The van der Waals surface area contributed by atoms with E-state index in [1.165, 1.54) is 0 Å². The summed E-state index contributed by atoms with van der Waals surface area (Å²) in [5.41, 5.74) is 1.98. The minimum absolute atomic E-state index is 0.00287. The highest BCUT2D eigenvalue weighted by molar-refractivity contribution is 5.99. The maximum atomic E-state index is 11.6. The van der Waals surface area contributed by atoms with E-state index in [4.69, 9.17) is 4.74 Å². The number of hydrogen-bond donors (Lipinski definition) is 0. The van der Waals surface area contributed by atoms with Gasteiger partial charge in [0.15, 0.2) is 6.10 Å². The standard InChI is InChI=1S/C11H13NO2/c1-7-4-5-10-9(6-7)12(3)11(13)8(2)14-10/h4-6,8H,1-3H3/t8-/m1/s1. The molecule has 0 spiro atoms. The number of ether oxygens (including phenoxy) is 1.